The predicted octanol–water partition coefficient (Wildman–Crippen LogP) is 8.08. The van der Waals surface area contributed by atoms with E-state index in [2.05, 4.69) is 115 Å². The molecule has 0 bridgehead atoms. The molecule has 4 aromatic carbocycles. The fourth-order valence-electron chi connectivity index (χ4n) is 7.82. The maximum absolute atomic E-state index is 6.63. The Labute approximate surface area is 245 Å². The molecule has 1 spiro atoms. The second kappa shape index (κ2) is 9.03. The highest BCUT2D eigenvalue weighted by Gasteiger charge is 2.52. The molecule has 200 valence electrons. The van der Waals surface area contributed by atoms with Crippen molar-refractivity contribution in [1.82, 2.24) is 4.98 Å². The van der Waals surface area contributed by atoms with Crippen LogP contribution in [0.3, 0.4) is 0 Å². The summed E-state index contributed by atoms with van der Waals surface area (Å²) in [4.78, 5) is 4.73. The van der Waals surface area contributed by atoms with Gasteiger partial charge >= 0.3 is 0 Å². The molecule has 3 aliphatic carbocycles. The van der Waals surface area contributed by atoms with Crippen LogP contribution in [0, 0.1) is 0 Å². The first-order valence-corrected chi connectivity index (χ1v) is 15.0. The summed E-state index contributed by atoms with van der Waals surface area (Å²) in [6, 6.07) is 37.7. The fraction of sp³-hybridized carbons (Fsp3) is 0.125. The molecule has 0 radical (unpaired) electrons. The van der Waals surface area contributed by atoms with Crippen LogP contribution in [0.4, 0.5) is 0 Å². The largest absolute Gasteiger partial charge is 0.457 e. The lowest BCUT2D eigenvalue weighted by molar-refractivity contribution is 0.432. The highest BCUT2D eigenvalue weighted by atomic mass is 16.5. The topological polar surface area (TPSA) is 22.1 Å². The van der Waals surface area contributed by atoms with Gasteiger partial charge in [0.25, 0.3) is 0 Å². The second-order valence-corrected chi connectivity index (χ2v) is 11.7. The van der Waals surface area contributed by atoms with Gasteiger partial charge in [0.2, 0.25) is 0 Å². The van der Waals surface area contributed by atoms with Gasteiger partial charge in [-0.2, -0.15) is 0 Å². The van der Waals surface area contributed by atoms with Gasteiger partial charge < -0.3 is 4.74 Å². The Kier molecular flexibility index (Phi) is 5.10. The van der Waals surface area contributed by atoms with Crippen LogP contribution in [0.5, 0.6) is 11.5 Å². The number of allylic oxidation sites excluding steroid dienone is 4. The Morgan fingerprint density at radius 1 is 0.643 bits per heavy atom. The average Bonchev–Trinajstić information content (AvgIpc) is 3.35. The molecule has 9 rings (SSSR count). The predicted molar refractivity (Wildman–Crippen MR) is 170 cm³/mol. The van der Waals surface area contributed by atoms with Gasteiger partial charge in [-0.1, -0.05) is 97.1 Å². The van der Waals surface area contributed by atoms with E-state index < -0.39 is 0 Å². The minimum Gasteiger partial charge on any atom is -0.457 e. The third-order valence-corrected chi connectivity index (χ3v) is 9.59. The molecule has 0 saturated carbocycles. The van der Waals surface area contributed by atoms with Crippen molar-refractivity contribution in [3.63, 3.8) is 0 Å². The number of fused-ring (bicyclic) bond motifs is 9. The molecule has 1 unspecified atom stereocenters. The Balaban J connectivity index is 1.23. The highest BCUT2D eigenvalue weighted by molar-refractivity contribution is 5.92. The summed E-state index contributed by atoms with van der Waals surface area (Å²) < 4.78 is 6.63. The molecular weight excluding hydrogens is 510 g/mol. The molecular formula is C40H29NO. The minimum absolute atomic E-state index is 0.360. The maximum atomic E-state index is 6.63. The summed E-state index contributed by atoms with van der Waals surface area (Å²) in [7, 11) is 0. The number of aromatic nitrogens is 1. The summed E-state index contributed by atoms with van der Waals surface area (Å²) in [5, 5.41) is 2.36. The van der Waals surface area contributed by atoms with Gasteiger partial charge in [0.1, 0.15) is 11.5 Å². The van der Waals surface area contributed by atoms with E-state index in [1.54, 1.807) is 0 Å². The van der Waals surface area contributed by atoms with Crippen LogP contribution in [0.2, 0.25) is 0 Å². The van der Waals surface area contributed by atoms with Gasteiger partial charge in [-0.25, -0.2) is 0 Å². The van der Waals surface area contributed by atoms with Crippen LogP contribution < -0.4 is 15.3 Å². The third-order valence-electron chi connectivity index (χ3n) is 9.59. The molecule has 2 heteroatoms. The van der Waals surface area contributed by atoms with Crippen molar-refractivity contribution in [2.45, 2.75) is 31.1 Å². The van der Waals surface area contributed by atoms with Gasteiger partial charge in [-0.15, -0.1) is 0 Å². The summed E-state index contributed by atoms with van der Waals surface area (Å²) in [5.41, 5.74) is 12.7. The van der Waals surface area contributed by atoms with E-state index in [0.717, 1.165) is 42.5 Å². The molecule has 4 aliphatic rings. The van der Waals surface area contributed by atoms with Crippen molar-refractivity contribution < 1.29 is 4.74 Å². The number of pyridine rings is 1. The van der Waals surface area contributed by atoms with E-state index in [4.69, 9.17) is 9.72 Å². The number of para-hydroxylation sites is 1. The lowest BCUT2D eigenvalue weighted by Crippen LogP contribution is -2.33. The summed E-state index contributed by atoms with van der Waals surface area (Å²) in [5.74, 6) is 1.90. The number of nitrogens with zero attached hydrogens (tertiary/aromatic N) is 1. The number of hydrogen-bond acceptors (Lipinski definition) is 2. The maximum Gasteiger partial charge on any atom is 0.132 e. The van der Waals surface area contributed by atoms with E-state index in [-0.39, 0.29) is 5.41 Å². The van der Waals surface area contributed by atoms with E-state index in [1.165, 1.54) is 60.9 Å². The molecule has 0 amide bonds. The van der Waals surface area contributed by atoms with Gasteiger partial charge in [0.15, 0.2) is 0 Å². The van der Waals surface area contributed by atoms with Crippen LogP contribution in [0.1, 0.15) is 53.5 Å². The third kappa shape index (κ3) is 3.24. The first-order valence-electron chi connectivity index (χ1n) is 15.0. The van der Waals surface area contributed by atoms with Crippen molar-refractivity contribution in [1.29, 1.82) is 0 Å². The van der Waals surface area contributed by atoms with Crippen molar-refractivity contribution in [2.24, 2.45) is 0 Å². The number of benzene rings is 4. The van der Waals surface area contributed by atoms with Crippen molar-refractivity contribution in [3.8, 4) is 22.6 Å². The van der Waals surface area contributed by atoms with Crippen LogP contribution in [0.15, 0.2) is 127 Å². The lowest BCUT2D eigenvalue weighted by atomic mass is 9.64. The molecule has 5 aromatic rings. The lowest BCUT2D eigenvalue weighted by Gasteiger charge is -2.41. The second-order valence-electron chi connectivity index (χ2n) is 11.7. The molecule has 2 heterocycles. The van der Waals surface area contributed by atoms with Crippen LogP contribution in [-0.2, 0) is 5.41 Å². The molecule has 42 heavy (non-hydrogen) atoms. The molecule has 0 saturated heterocycles. The van der Waals surface area contributed by atoms with Crippen molar-refractivity contribution in [3.05, 3.63) is 165 Å². The van der Waals surface area contributed by atoms with Crippen LogP contribution in [0.25, 0.3) is 28.3 Å². The highest BCUT2D eigenvalue weighted by Crippen LogP contribution is 2.63. The Bertz CT molecular complexity index is 2110. The number of ether oxygens (including phenoxy) is 1. The van der Waals surface area contributed by atoms with E-state index in [9.17, 15) is 0 Å². The van der Waals surface area contributed by atoms with E-state index in [0.29, 0.717) is 0 Å². The van der Waals surface area contributed by atoms with Crippen molar-refractivity contribution in [2.75, 3.05) is 0 Å². The van der Waals surface area contributed by atoms with Gasteiger partial charge in [0.05, 0.1) is 10.8 Å². The molecule has 0 fully saturated rings. The summed E-state index contributed by atoms with van der Waals surface area (Å²) >= 11 is 0. The molecule has 1 aromatic heterocycles. The smallest absolute Gasteiger partial charge is 0.132 e. The van der Waals surface area contributed by atoms with Crippen LogP contribution in [-0.4, -0.2) is 4.98 Å². The monoisotopic (exact) mass is 539 g/mol. The van der Waals surface area contributed by atoms with Gasteiger partial charge in [-0.05, 0) is 99.7 Å². The molecule has 1 aliphatic heterocycles. The normalized spacial score (nSPS) is 19.3. The van der Waals surface area contributed by atoms with E-state index >= 15 is 0 Å². The molecule has 0 N–H and O–H groups in total. The Hall–Kier alpha value is -4.95. The molecule has 1 atom stereocenters. The van der Waals surface area contributed by atoms with Gasteiger partial charge in [-0.3, -0.25) is 4.98 Å². The van der Waals surface area contributed by atoms with Crippen molar-refractivity contribution >= 4 is 17.2 Å². The zero-order valence-corrected chi connectivity index (χ0v) is 23.3. The zero-order chi connectivity index (χ0) is 27.7. The Morgan fingerprint density at radius 2 is 1.43 bits per heavy atom. The average molecular weight is 540 g/mol. The van der Waals surface area contributed by atoms with Crippen LogP contribution >= 0.6 is 0 Å². The quantitative estimate of drug-likeness (QED) is 0.226. The Morgan fingerprint density at radius 3 is 2.36 bits per heavy atom. The fourth-order valence-corrected chi connectivity index (χ4v) is 7.82. The number of hydrogen-bond donors (Lipinski definition) is 0. The number of rotatable bonds is 2. The van der Waals surface area contributed by atoms with E-state index in [1.807, 2.05) is 12.3 Å². The summed E-state index contributed by atoms with van der Waals surface area (Å²) in [6.45, 7) is 0. The summed E-state index contributed by atoms with van der Waals surface area (Å²) in [6.07, 6.45) is 13.1. The first-order chi connectivity index (χ1) is 20.8. The zero-order valence-electron chi connectivity index (χ0n) is 23.3. The SMILES string of the molecule is C1=CC2=C(CC1)C1(c3ccccc3Oc3ccc(-c4ccc(C5=c6ncccc6=CCC5)cc4)cc31)c1ccccc12. The van der Waals surface area contributed by atoms with Gasteiger partial charge in [0, 0.05) is 17.3 Å². The standard InChI is InChI=1S/C40H29NO/c1-3-14-33-31(11-1)32-12-2-4-15-34(32)40(33)35-16-5-6-17-37(35)42-38-23-22-29(25-36(38)40)26-18-20-27(21-19-26)30-13-7-9-28-10-8-24-41-39(28)30/h1-3,5-6,8-12,14,16-25H,4,7,13,15H2. The minimum atomic E-state index is -0.360. The molecule has 2 nitrogen and oxygen atoms in total. The first kappa shape index (κ1) is 23.7.